The second kappa shape index (κ2) is 4.09. The molecule has 0 aromatic heterocycles. The van der Waals surface area contributed by atoms with Gasteiger partial charge in [-0.05, 0) is 45.1 Å². The number of hydrogen-bond donors (Lipinski definition) is 2. The predicted molar refractivity (Wildman–Crippen MR) is 72.6 cm³/mol. The molecule has 2 atom stereocenters. The van der Waals surface area contributed by atoms with Gasteiger partial charge in [-0.3, -0.25) is 10.1 Å². The lowest BCUT2D eigenvalue weighted by molar-refractivity contribution is -0.117. The van der Waals surface area contributed by atoms with Gasteiger partial charge < -0.3 is 5.32 Å². The average Bonchev–Trinajstić information content (AvgIpc) is 3.09. The minimum absolute atomic E-state index is 0.0891. The van der Waals surface area contributed by atoms with Gasteiger partial charge in [0.15, 0.2) is 0 Å². The second-order valence-electron chi connectivity index (χ2n) is 5.76. The summed E-state index contributed by atoms with van der Waals surface area (Å²) >= 11 is 0. The molecular formula is C15H20N2O. The van der Waals surface area contributed by atoms with E-state index in [0.717, 1.165) is 22.7 Å². The molecule has 1 aliphatic carbocycles. The molecule has 0 saturated heterocycles. The highest BCUT2D eigenvalue weighted by molar-refractivity contribution is 6.03. The molecule has 1 amide bonds. The third-order valence-electron chi connectivity index (χ3n) is 4.09. The van der Waals surface area contributed by atoms with Crippen LogP contribution in [0, 0.1) is 19.8 Å². The van der Waals surface area contributed by atoms with Gasteiger partial charge in [0.25, 0.3) is 0 Å². The van der Waals surface area contributed by atoms with Gasteiger partial charge in [-0.25, -0.2) is 0 Å². The first-order chi connectivity index (χ1) is 8.56. The lowest BCUT2D eigenvalue weighted by atomic mass is 10.0. The van der Waals surface area contributed by atoms with Crippen LogP contribution in [-0.2, 0) is 4.79 Å². The molecule has 2 aliphatic rings. The van der Waals surface area contributed by atoms with Crippen molar-refractivity contribution in [2.45, 2.75) is 45.7 Å². The average molecular weight is 244 g/mol. The van der Waals surface area contributed by atoms with Crippen LogP contribution in [-0.4, -0.2) is 11.9 Å². The molecule has 3 heteroatoms. The molecular weight excluding hydrogens is 224 g/mol. The number of rotatable bonds is 3. The summed E-state index contributed by atoms with van der Waals surface area (Å²) < 4.78 is 0. The molecule has 1 aromatic carbocycles. The van der Waals surface area contributed by atoms with E-state index in [9.17, 15) is 4.79 Å². The molecule has 3 nitrogen and oxygen atoms in total. The van der Waals surface area contributed by atoms with Crippen LogP contribution < -0.4 is 10.6 Å². The number of amides is 1. The van der Waals surface area contributed by atoms with Crippen LogP contribution in [0.4, 0.5) is 5.69 Å². The first-order valence-corrected chi connectivity index (χ1v) is 6.74. The molecule has 96 valence electrons. The molecule has 1 aliphatic heterocycles. The van der Waals surface area contributed by atoms with Gasteiger partial charge in [0.05, 0.1) is 0 Å². The number of fused-ring (bicyclic) bond motifs is 1. The second-order valence-corrected chi connectivity index (χ2v) is 5.76. The van der Waals surface area contributed by atoms with Crippen molar-refractivity contribution in [3.05, 3.63) is 28.8 Å². The van der Waals surface area contributed by atoms with E-state index in [0.29, 0.717) is 6.04 Å². The highest BCUT2D eigenvalue weighted by atomic mass is 16.2. The van der Waals surface area contributed by atoms with Gasteiger partial charge >= 0.3 is 0 Å². The fraction of sp³-hybridized carbons (Fsp3) is 0.533. The first kappa shape index (κ1) is 11.7. The van der Waals surface area contributed by atoms with Crippen molar-refractivity contribution >= 4 is 11.6 Å². The first-order valence-electron chi connectivity index (χ1n) is 6.74. The third-order valence-corrected chi connectivity index (χ3v) is 4.09. The minimum atomic E-state index is -0.172. The maximum Gasteiger partial charge on any atom is 0.246 e. The van der Waals surface area contributed by atoms with E-state index in [1.807, 2.05) is 0 Å². The van der Waals surface area contributed by atoms with Crippen LogP contribution in [0.15, 0.2) is 12.1 Å². The molecule has 1 aromatic rings. The number of aryl methyl sites for hydroxylation is 2. The fourth-order valence-corrected chi connectivity index (χ4v) is 2.90. The maximum atomic E-state index is 12.1. The molecule has 2 unspecified atom stereocenters. The Morgan fingerprint density at radius 3 is 2.72 bits per heavy atom. The van der Waals surface area contributed by atoms with E-state index in [-0.39, 0.29) is 11.9 Å². The molecule has 1 heterocycles. The highest BCUT2D eigenvalue weighted by Crippen LogP contribution is 2.38. The van der Waals surface area contributed by atoms with Crippen molar-refractivity contribution in [1.82, 2.24) is 5.32 Å². The fourth-order valence-electron chi connectivity index (χ4n) is 2.90. The Balaban J connectivity index is 1.90. The lowest BCUT2D eigenvalue weighted by Gasteiger charge is -2.18. The number of benzene rings is 1. The van der Waals surface area contributed by atoms with Gasteiger partial charge in [-0.1, -0.05) is 17.7 Å². The van der Waals surface area contributed by atoms with Crippen molar-refractivity contribution in [3.8, 4) is 0 Å². The van der Waals surface area contributed by atoms with E-state index in [4.69, 9.17) is 0 Å². The molecule has 0 bridgehead atoms. The summed E-state index contributed by atoms with van der Waals surface area (Å²) in [4.78, 5) is 12.1. The molecule has 1 fully saturated rings. The van der Waals surface area contributed by atoms with Crippen LogP contribution >= 0.6 is 0 Å². The lowest BCUT2D eigenvalue weighted by Crippen LogP contribution is -2.35. The number of hydrogen-bond acceptors (Lipinski definition) is 2. The van der Waals surface area contributed by atoms with Gasteiger partial charge in [0.2, 0.25) is 5.91 Å². The van der Waals surface area contributed by atoms with Crippen molar-refractivity contribution in [1.29, 1.82) is 0 Å². The largest absolute Gasteiger partial charge is 0.324 e. The smallest absolute Gasteiger partial charge is 0.246 e. The van der Waals surface area contributed by atoms with Gasteiger partial charge in [0, 0.05) is 17.3 Å². The molecule has 2 N–H and O–H groups in total. The zero-order valence-electron chi connectivity index (χ0n) is 11.2. The number of anilines is 1. The van der Waals surface area contributed by atoms with Crippen molar-refractivity contribution in [2.75, 3.05) is 5.32 Å². The Bertz CT molecular complexity index is 505. The summed E-state index contributed by atoms with van der Waals surface area (Å²) in [7, 11) is 0. The number of carbonyl (C=O) groups is 1. The summed E-state index contributed by atoms with van der Waals surface area (Å²) in [5.74, 6) is 0.846. The third kappa shape index (κ3) is 1.93. The van der Waals surface area contributed by atoms with E-state index >= 15 is 0 Å². The zero-order valence-corrected chi connectivity index (χ0v) is 11.2. The Morgan fingerprint density at radius 1 is 1.33 bits per heavy atom. The monoisotopic (exact) mass is 244 g/mol. The van der Waals surface area contributed by atoms with Crippen molar-refractivity contribution < 1.29 is 4.79 Å². The van der Waals surface area contributed by atoms with Gasteiger partial charge in [-0.2, -0.15) is 0 Å². The van der Waals surface area contributed by atoms with E-state index in [2.05, 4.69) is 43.5 Å². The van der Waals surface area contributed by atoms with Gasteiger partial charge in [-0.15, -0.1) is 0 Å². The van der Waals surface area contributed by atoms with Gasteiger partial charge in [0.1, 0.15) is 6.04 Å². The molecule has 0 spiro atoms. The predicted octanol–water partition coefficient (Wildman–Crippen LogP) is 2.68. The highest BCUT2D eigenvalue weighted by Gasteiger charge is 2.36. The van der Waals surface area contributed by atoms with E-state index in [1.54, 1.807) is 0 Å². The molecule has 0 radical (unpaired) electrons. The van der Waals surface area contributed by atoms with Crippen LogP contribution in [0.3, 0.4) is 0 Å². The maximum absolute atomic E-state index is 12.1. The Hall–Kier alpha value is -1.35. The van der Waals surface area contributed by atoms with Crippen molar-refractivity contribution in [2.24, 2.45) is 5.92 Å². The van der Waals surface area contributed by atoms with Crippen LogP contribution in [0.25, 0.3) is 0 Å². The minimum Gasteiger partial charge on any atom is -0.324 e. The molecule has 3 rings (SSSR count). The van der Waals surface area contributed by atoms with E-state index < -0.39 is 0 Å². The summed E-state index contributed by atoms with van der Waals surface area (Å²) in [5.41, 5.74) is 4.49. The van der Waals surface area contributed by atoms with Crippen molar-refractivity contribution in [3.63, 3.8) is 0 Å². The zero-order chi connectivity index (χ0) is 12.9. The quantitative estimate of drug-likeness (QED) is 0.858. The summed E-state index contributed by atoms with van der Waals surface area (Å²) in [6, 6.07) is 4.49. The summed E-state index contributed by atoms with van der Waals surface area (Å²) in [6.45, 7) is 6.32. The standard InChI is InChI=1S/C15H20N2O/c1-8-6-9(2)13-12(7-8)14(15(18)17-13)16-10(3)11-4-5-11/h6-7,10-11,14,16H,4-5H2,1-3H3,(H,17,18). The van der Waals surface area contributed by atoms with Crippen LogP contribution in [0.1, 0.15) is 42.5 Å². The topological polar surface area (TPSA) is 41.1 Å². The Labute approximate surface area is 108 Å². The SMILES string of the molecule is Cc1cc(C)c2c(c1)C(NC(C)C1CC1)C(=O)N2. The Morgan fingerprint density at radius 2 is 2.06 bits per heavy atom. The number of nitrogens with one attached hydrogen (secondary N) is 2. The van der Waals surface area contributed by atoms with E-state index in [1.165, 1.54) is 18.4 Å². The summed E-state index contributed by atoms with van der Waals surface area (Å²) in [5, 5.41) is 6.50. The molecule has 1 saturated carbocycles. The number of carbonyl (C=O) groups excluding carboxylic acids is 1. The summed E-state index contributed by atoms with van der Waals surface area (Å²) in [6.07, 6.45) is 2.59. The normalized spacial score (nSPS) is 23.7. The van der Waals surface area contributed by atoms with Crippen LogP contribution in [0.5, 0.6) is 0 Å². The Kier molecular flexibility index (Phi) is 2.67. The van der Waals surface area contributed by atoms with Crippen LogP contribution in [0.2, 0.25) is 0 Å². The molecule has 18 heavy (non-hydrogen) atoms.